The first kappa shape index (κ1) is 26.6. The Morgan fingerprint density at radius 1 is 0.917 bits per heavy atom. The molecule has 3 nitrogen and oxygen atoms in total. The molecule has 192 valence electrons. The summed E-state index contributed by atoms with van der Waals surface area (Å²) in [7, 11) is 6.65. The number of hydrogen-bond donors (Lipinski definition) is 0. The minimum absolute atomic E-state index is 0.483. The largest absolute Gasteiger partial charge is 0.309 e. The Morgan fingerprint density at radius 2 is 1.64 bits per heavy atom. The fourth-order valence-electron chi connectivity index (χ4n) is 6.04. The van der Waals surface area contributed by atoms with E-state index in [4.69, 9.17) is 4.98 Å². The number of hydrogen-bond acceptors (Lipinski definition) is 3. The van der Waals surface area contributed by atoms with Gasteiger partial charge in [0.25, 0.3) is 0 Å². The van der Waals surface area contributed by atoms with Crippen LogP contribution in [0.2, 0.25) is 0 Å². The second-order valence-corrected chi connectivity index (χ2v) is 10.8. The van der Waals surface area contributed by atoms with Crippen molar-refractivity contribution in [3.63, 3.8) is 0 Å². The van der Waals surface area contributed by atoms with Crippen molar-refractivity contribution in [2.45, 2.75) is 78.3 Å². The second-order valence-electron chi connectivity index (χ2n) is 10.8. The number of nitrogens with zero attached hydrogens (tertiary/aromatic N) is 3. The normalized spacial score (nSPS) is 15.5. The first-order valence-electron chi connectivity index (χ1n) is 14.0. The summed E-state index contributed by atoms with van der Waals surface area (Å²) < 4.78 is 0. The van der Waals surface area contributed by atoms with Crippen LogP contribution in [-0.4, -0.2) is 42.5 Å². The van der Waals surface area contributed by atoms with Gasteiger partial charge in [-0.25, -0.2) is 0 Å². The highest BCUT2D eigenvalue weighted by Crippen LogP contribution is 2.36. The molecule has 3 heteroatoms. The summed E-state index contributed by atoms with van der Waals surface area (Å²) in [5.41, 5.74) is 12.5. The lowest BCUT2D eigenvalue weighted by Crippen LogP contribution is -2.28. The van der Waals surface area contributed by atoms with Gasteiger partial charge in [-0.1, -0.05) is 56.3 Å². The maximum Gasteiger partial charge on any atom is 0.0713 e. The average Bonchev–Trinajstić information content (AvgIpc) is 2.89. The van der Waals surface area contributed by atoms with Crippen LogP contribution in [0.25, 0.3) is 11.3 Å². The van der Waals surface area contributed by atoms with Crippen LogP contribution >= 0.6 is 0 Å². The maximum absolute atomic E-state index is 5.27. The summed E-state index contributed by atoms with van der Waals surface area (Å²) in [4.78, 5) is 10.1. The first-order valence-corrected chi connectivity index (χ1v) is 14.0. The van der Waals surface area contributed by atoms with Crippen LogP contribution in [-0.2, 0) is 32.2 Å². The molecule has 0 fully saturated rings. The van der Waals surface area contributed by atoms with E-state index >= 15 is 0 Å². The van der Waals surface area contributed by atoms with E-state index < -0.39 is 0 Å². The van der Waals surface area contributed by atoms with Gasteiger partial charge >= 0.3 is 0 Å². The Bertz CT molecular complexity index is 1140. The molecule has 0 saturated heterocycles. The number of benzene rings is 2. The molecule has 1 aliphatic rings. The maximum atomic E-state index is 5.27. The van der Waals surface area contributed by atoms with Gasteiger partial charge in [0.15, 0.2) is 0 Å². The monoisotopic (exact) mass is 483 g/mol. The Kier molecular flexibility index (Phi) is 8.98. The van der Waals surface area contributed by atoms with Crippen molar-refractivity contribution in [1.82, 2.24) is 14.8 Å². The van der Waals surface area contributed by atoms with Gasteiger partial charge in [0.2, 0.25) is 0 Å². The van der Waals surface area contributed by atoms with Crippen LogP contribution < -0.4 is 0 Å². The van der Waals surface area contributed by atoms with E-state index in [-0.39, 0.29) is 0 Å². The van der Waals surface area contributed by atoms with E-state index in [9.17, 15) is 0 Å². The lowest BCUT2D eigenvalue weighted by atomic mass is 9.86. The number of pyridine rings is 1. The van der Waals surface area contributed by atoms with Crippen molar-refractivity contribution >= 4 is 0 Å². The molecule has 1 atom stereocenters. The molecule has 0 N–H and O–H groups in total. The number of fused-ring (bicyclic) bond motifs is 1. The molecule has 3 aromatic rings. The fraction of sp³-hybridized carbons (Fsp3) is 0.485. The molecule has 0 amide bonds. The molecule has 0 bridgehead atoms. The van der Waals surface area contributed by atoms with Gasteiger partial charge in [-0.05, 0) is 119 Å². The standard InChI is InChI=1S/C33H45N3/c1-7-25-15-11-16-26(8-2)33(25)31-22-28(18-13-21-35(4)5)30(24(3)34-31)23-36(6)32-20-12-17-27-14-9-10-19-29(27)32/h9-11,14-16,19,22,32H,7-8,12-13,17-18,20-21,23H2,1-6H3/t32-/m0/s1. The summed E-state index contributed by atoms with van der Waals surface area (Å²) in [5, 5.41) is 0. The molecule has 36 heavy (non-hydrogen) atoms. The minimum atomic E-state index is 0.483. The number of aromatic nitrogens is 1. The van der Waals surface area contributed by atoms with Gasteiger partial charge in [0, 0.05) is 23.8 Å². The molecule has 4 rings (SSSR count). The highest BCUT2D eigenvalue weighted by molar-refractivity contribution is 5.69. The van der Waals surface area contributed by atoms with Gasteiger partial charge in [0.1, 0.15) is 0 Å². The third-order valence-electron chi connectivity index (χ3n) is 8.01. The quantitative estimate of drug-likeness (QED) is 0.304. The van der Waals surface area contributed by atoms with Crippen LogP contribution in [0.1, 0.15) is 78.2 Å². The van der Waals surface area contributed by atoms with Crippen LogP contribution in [0.5, 0.6) is 0 Å². The zero-order valence-corrected chi connectivity index (χ0v) is 23.4. The first-order chi connectivity index (χ1) is 17.4. The van der Waals surface area contributed by atoms with E-state index in [2.05, 4.69) is 100 Å². The molecular weight excluding hydrogens is 438 g/mol. The Labute approximate surface area is 219 Å². The van der Waals surface area contributed by atoms with Gasteiger partial charge in [-0.3, -0.25) is 9.88 Å². The third-order valence-corrected chi connectivity index (χ3v) is 8.01. The van der Waals surface area contributed by atoms with Crippen molar-refractivity contribution < 1.29 is 0 Å². The van der Waals surface area contributed by atoms with Crippen molar-refractivity contribution in [2.24, 2.45) is 0 Å². The smallest absolute Gasteiger partial charge is 0.0713 e. The number of aryl methyl sites for hydroxylation is 5. The highest BCUT2D eigenvalue weighted by atomic mass is 15.1. The predicted molar refractivity (Wildman–Crippen MR) is 154 cm³/mol. The molecule has 1 aliphatic carbocycles. The summed E-state index contributed by atoms with van der Waals surface area (Å²) in [5.74, 6) is 0. The lowest BCUT2D eigenvalue weighted by molar-refractivity contribution is 0.212. The van der Waals surface area contributed by atoms with Crippen LogP contribution in [0.3, 0.4) is 0 Å². The van der Waals surface area contributed by atoms with Crippen molar-refractivity contribution in [2.75, 3.05) is 27.7 Å². The van der Waals surface area contributed by atoms with Gasteiger partial charge in [0.05, 0.1) is 5.69 Å². The summed E-state index contributed by atoms with van der Waals surface area (Å²) >= 11 is 0. The van der Waals surface area contributed by atoms with E-state index in [1.165, 1.54) is 63.9 Å². The topological polar surface area (TPSA) is 19.4 Å². The lowest BCUT2D eigenvalue weighted by Gasteiger charge is -2.34. The molecule has 0 radical (unpaired) electrons. The summed E-state index contributed by atoms with van der Waals surface area (Å²) in [6.45, 7) is 8.80. The average molecular weight is 484 g/mol. The molecule has 0 spiro atoms. The Balaban J connectivity index is 1.71. The zero-order chi connectivity index (χ0) is 25.7. The zero-order valence-electron chi connectivity index (χ0n) is 23.4. The Hall–Kier alpha value is -2.49. The minimum Gasteiger partial charge on any atom is -0.309 e. The molecular formula is C33H45N3. The molecule has 1 heterocycles. The fourth-order valence-corrected chi connectivity index (χ4v) is 6.04. The van der Waals surface area contributed by atoms with Crippen molar-refractivity contribution in [3.05, 3.63) is 87.6 Å². The van der Waals surface area contributed by atoms with E-state index in [0.717, 1.165) is 44.5 Å². The summed E-state index contributed by atoms with van der Waals surface area (Å²) in [6, 6.07) is 18.7. The third kappa shape index (κ3) is 5.90. The van der Waals surface area contributed by atoms with Gasteiger partial charge in [-0.2, -0.15) is 0 Å². The molecule has 0 unspecified atom stereocenters. The Morgan fingerprint density at radius 3 is 2.33 bits per heavy atom. The van der Waals surface area contributed by atoms with Gasteiger partial charge < -0.3 is 4.90 Å². The van der Waals surface area contributed by atoms with Crippen LogP contribution in [0.15, 0.2) is 48.5 Å². The van der Waals surface area contributed by atoms with Crippen LogP contribution in [0.4, 0.5) is 0 Å². The van der Waals surface area contributed by atoms with Crippen molar-refractivity contribution in [1.29, 1.82) is 0 Å². The van der Waals surface area contributed by atoms with Crippen molar-refractivity contribution in [3.8, 4) is 11.3 Å². The highest BCUT2D eigenvalue weighted by Gasteiger charge is 2.25. The number of rotatable bonds is 10. The molecule has 1 aromatic heterocycles. The molecule has 2 aromatic carbocycles. The molecule has 0 aliphatic heterocycles. The SMILES string of the molecule is CCc1cccc(CC)c1-c1cc(CCCN(C)C)c(CN(C)[C@H]2CCCc3ccccc32)c(C)n1. The summed E-state index contributed by atoms with van der Waals surface area (Å²) in [6.07, 6.45) is 8.03. The van der Waals surface area contributed by atoms with Crippen LogP contribution in [0, 0.1) is 6.92 Å². The van der Waals surface area contributed by atoms with E-state index in [1.54, 1.807) is 0 Å². The second kappa shape index (κ2) is 12.2. The molecule has 0 saturated carbocycles. The van der Waals surface area contributed by atoms with E-state index in [1.807, 2.05) is 0 Å². The van der Waals surface area contributed by atoms with E-state index in [0.29, 0.717) is 6.04 Å². The predicted octanol–water partition coefficient (Wildman–Crippen LogP) is 7.19. The van der Waals surface area contributed by atoms with Gasteiger partial charge in [-0.15, -0.1) is 0 Å².